The Morgan fingerprint density at radius 1 is 1.75 bits per heavy atom. The molecule has 0 radical (unpaired) electrons. The minimum Gasteiger partial charge on any atom is -0.391 e. The molecule has 50 valence electrons. The van der Waals surface area contributed by atoms with E-state index in [4.69, 9.17) is 10.8 Å². The van der Waals surface area contributed by atoms with Crippen LogP contribution in [0.25, 0.3) is 0 Å². The van der Waals surface area contributed by atoms with E-state index in [1.54, 1.807) is 7.11 Å². The molecule has 0 aliphatic carbocycles. The van der Waals surface area contributed by atoms with E-state index in [9.17, 15) is 0 Å². The van der Waals surface area contributed by atoms with Crippen molar-refractivity contribution in [2.24, 2.45) is 5.73 Å². The molecule has 0 aromatic rings. The monoisotopic (exact) mass is 119 g/mol. The predicted octanol–water partition coefficient (Wildman–Crippen LogP) is -0.657. The number of methoxy groups -OCH3 is 1. The summed E-state index contributed by atoms with van der Waals surface area (Å²) in [5.74, 6) is 0. The average molecular weight is 119 g/mol. The van der Waals surface area contributed by atoms with E-state index in [0.717, 1.165) is 0 Å². The summed E-state index contributed by atoms with van der Waals surface area (Å²) >= 11 is 0. The fraction of sp³-hybridized carbons (Fsp3) is 1.00. The van der Waals surface area contributed by atoms with Crippen molar-refractivity contribution in [3.63, 3.8) is 0 Å². The lowest BCUT2D eigenvalue weighted by Gasteiger charge is -2.05. The zero-order chi connectivity index (χ0) is 6.41. The van der Waals surface area contributed by atoms with Crippen LogP contribution in [0.1, 0.15) is 6.42 Å². The van der Waals surface area contributed by atoms with Crippen molar-refractivity contribution < 1.29 is 9.84 Å². The number of nitrogens with two attached hydrogens (primary N) is 1. The molecule has 0 aromatic carbocycles. The number of hydrogen-bond acceptors (Lipinski definition) is 3. The van der Waals surface area contributed by atoms with Gasteiger partial charge in [0.15, 0.2) is 0 Å². The topological polar surface area (TPSA) is 55.5 Å². The summed E-state index contributed by atoms with van der Waals surface area (Å²) in [6.45, 7) is 0.904. The van der Waals surface area contributed by atoms with Crippen molar-refractivity contribution in [2.45, 2.75) is 12.5 Å². The van der Waals surface area contributed by atoms with Gasteiger partial charge in [-0.05, 0) is 13.0 Å². The smallest absolute Gasteiger partial charge is 0.0785 e. The summed E-state index contributed by atoms with van der Waals surface area (Å²) in [6, 6.07) is 0. The van der Waals surface area contributed by atoms with Crippen molar-refractivity contribution in [1.82, 2.24) is 0 Å². The van der Waals surface area contributed by atoms with Crippen LogP contribution in [-0.4, -0.2) is 31.5 Å². The molecule has 3 heteroatoms. The Labute approximate surface area is 49.4 Å². The first-order chi connectivity index (χ1) is 3.81. The Hall–Kier alpha value is -0.120. The Kier molecular flexibility index (Phi) is 4.95. The predicted molar refractivity (Wildman–Crippen MR) is 31.6 cm³/mol. The number of hydrogen-bond donors (Lipinski definition) is 2. The van der Waals surface area contributed by atoms with Crippen LogP contribution in [-0.2, 0) is 4.74 Å². The van der Waals surface area contributed by atoms with Gasteiger partial charge in [-0.3, -0.25) is 0 Å². The van der Waals surface area contributed by atoms with Crippen LogP contribution in [0.4, 0.5) is 0 Å². The van der Waals surface area contributed by atoms with Gasteiger partial charge >= 0.3 is 0 Å². The molecule has 0 amide bonds. The summed E-state index contributed by atoms with van der Waals surface area (Å²) in [5.41, 5.74) is 5.14. The molecule has 0 rings (SSSR count). The number of ether oxygens (including phenoxy) is 1. The first-order valence-electron chi connectivity index (χ1n) is 2.68. The third-order valence-electron chi connectivity index (χ3n) is 0.859. The number of aliphatic hydroxyl groups is 1. The van der Waals surface area contributed by atoms with E-state index in [2.05, 4.69) is 4.74 Å². The third-order valence-corrected chi connectivity index (χ3v) is 0.859. The molecule has 0 aromatic heterocycles. The van der Waals surface area contributed by atoms with Gasteiger partial charge in [0.25, 0.3) is 0 Å². The van der Waals surface area contributed by atoms with Crippen molar-refractivity contribution in [1.29, 1.82) is 0 Å². The van der Waals surface area contributed by atoms with E-state index in [1.807, 2.05) is 0 Å². The first-order valence-corrected chi connectivity index (χ1v) is 2.68. The van der Waals surface area contributed by atoms with Crippen molar-refractivity contribution in [3.05, 3.63) is 0 Å². The zero-order valence-corrected chi connectivity index (χ0v) is 5.13. The van der Waals surface area contributed by atoms with Crippen molar-refractivity contribution in [3.8, 4) is 0 Å². The second-order valence-electron chi connectivity index (χ2n) is 1.69. The summed E-state index contributed by atoms with van der Waals surface area (Å²) in [6.07, 6.45) is 0.235. The quantitative estimate of drug-likeness (QED) is 0.516. The maximum atomic E-state index is 8.84. The van der Waals surface area contributed by atoms with Crippen molar-refractivity contribution in [2.75, 3.05) is 20.3 Å². The minimum absolute atomic E-state index is 0.384. The highest BCUT2D eigenvalue weighted by Crippen LogP contribution is 1.87. The molecule has 0 aliphatic heterocycles. The van der Waals surface area contributed by atoms with Crippen LogP contribution in [0.15, 0.2) is 0 Å². The molecule has 0 fully saturated rings. The minimum atomic E-state index is -0.384. The van der Waals surface area contributed by atoms with Gasteiger partial charge in [-0.1, -0.05) is 0 Å². The van der Waals surface area contributed by atoms with E-state index in [0.29, 0.717) is 19.6 Å². The lowest BCUT2D eigenvalue weighted by molar-refractivity contribution is 0.0609. The highest BCUT2D eigenvalue weighted by molar-refractivity contribution is 4.52. The first kappa shape index (κ1) is 7.88. The van der Waals surface area contributed by atoms with E-state index in [-0.39, 0.29) is 6.10 Å². The van der Waals surface area contributed by atoms with E-state index < -0.39 is 0 Å². The van der Waals surface area contributed by atoms with Gasteiger partial charge in [0.2, 0.25) is 0 Å². The molecule has 0 spiro atoms. The molecule has 3 N–H and O–H groups in total. The lowest BCUT2D eigenvalue weighted by atomic mass is 10.3. The average Bonchev–Trinajstić information content (AvgIpc) is 1.68. The standard InChI is InChI=1S/C5H13NO2/c1-8-4-5(7)2-3-6/h5,7H,2-4,6H2,1H3/t5-/m1/s1. The Morgan fingerprint density at radius 2 is 2.38 bits per heavy atom. The Balaban J connectivity index is 2.92. The number of rotatable bonds is 4. The molecule has 0 bridgehead atoms. The van der Waals surface area contributed by atoms with Gasteiger partial charge in [0.1, 0.15) is 0 Å². The molecular formula is C5H13NO2. The normalized spacial score (nSPS) is 13.9. The molecule has 0 heterocycles. The summed E-state index contributed by atoms with van der Waals surface area (Å²) < 4.78 is 4.65. The molecule has 3 nitrogen and oxygen atoms in total. The van der Waals surface area contributed by atoms with Crippen LogP contribution in [0, 0.1) is 0 Å². The van der Waals surface area contributed by atoms with E-state index >= 15 is 0 Å². The maximum Gasteiger partial charge on any atom is 0.0785 e. The molecule has 0 unspecified atom stereocenters. The lowest BCUT2D eigenvalue weighted by Crippen LogP contribution is -2.18. The van der Waals surface area contributed by atoms with Gasteiger partial charge in [-0.15, -0.1) is 0 Å². The van der Waals surface area contributed by atoms with Gasteiger partial charge in [-0.25, -0.2) is 0 Å². The molecule has 0 saturated heterocycles. The largest absolute Gasteiger partial charge is 0.391 e. The molecular weight excluding hydrogens is 106 g/mol. The van der Waals surface area contributed by atoms with Gasteiger partial charge in [-0.2, -0.15) is 0 Å². The Morgan fingerprint density at radius 3 is 2.75 bits per heavy atom. The maximum absolute atomic E-state index is 8.84. The second kappa shape index (κ2) is 5.03. The van der Waals surface area contributed by atoms with Gasteiger partial charge in [0.05, 0.1) is 12.7 Å². The van der Waals surface area contributed by atoms with Crippen LogP contribution in [0.3, 0.4) is 0 Å². The van der Waals surface area contributed by atoms with Crippen LogP contribution >= 0.6 is 0 Å². The van der Waals surface area contributed by atoms with Crippen LogP contribution in [0.5, 0.6) is 0 Å². The fourth-order valence-corrected chi connectivity index (χ4v) is 0.468. The zero-order valence-electron chi connectivity index (χ0n) is 5.13. The highest BCUT2D eigenvalue weighted by Gasteiger charge is 1.98. The summed E-state index contributed by atoms with van der Waals surface area (Å²) in [4.78, 5) is 0. The SMILES string of the molecule is COC[C@H](O)CCN. The third kappa shape index (κ3) is 4.05. The second-order valence-corrected chi connectivity index (χ2v) is 1.69. The van der Waals surface area contributed by atoms with Crippen LogP contribution < -0.4 is 5.73 Å². The van der Waals surface area contributed by atoms with Crippen LogP contribution in [0.2, 0.25) is 0 Å². The molecule has 8 heavy (non-hydrogen) atoms. The summed E-state index contributed by atoms with van der Waals surface area (Å²) in [5, 5.41) is 8.84. The highest BCUT2D eigenvalue weighted by atomic mass is 16.5. The van der Waals surface area contributed by atoms with Gasteiger partial charge < -0.3 is 15.6 Å². The fourth-order valence-electron chi connectivity index (χ4n) is 0.468. The molecule has 0 saturated carbocycles. The Bertz CT molecular complexity index is 43.7. The van der Waals surface area contributed by atoms with Gasteiger partial charge in [0, 0.05) is 7.11 Å². The van der Waals surface area contributed by atoms with Crippen molar-refractivity contribution >= 4 is 0 Å². The molecule has 1 atom stereocenters. The van der Waals surface area contributed by atoms with E-state index in [1.165, 1.54) is 0 Å². The number of aliphatic hydroxyl groups excluding tert-OH is 1. The molecule has 0 aliphatic rings. The summed E-state index contributed by atoms with van der Waals surface area (Å²) in [7, 11) is 1.56.